The quantitative estimate of drug-likeness (QED) is 0.644. The van der Waals surface area contributed by atoms with Gasteiger partial charge >= 0.3 is 0 Å². The van der Waals surface area contributed by atoms with E-state index in [9.17, 15) is 4.79 Å². The zero-order valence-electron chi connectivity index (χ0n) is 15.9. The molecule has 28 heavy (non-hydrogen) atoms. The van der Waals surface area contributed by atoms with E-state index in [4.69, 9.17) is 11.6 Å². The lowest BCUT2D eigenvalue weighted by Gasteiger charge is -2.24. The first kappa shape index (κ1) is 18.6. The van der Waals surface area contributed by atoms with E-state index in [2.05, 4.69) is 28.2 Å². The third kappa shape index (κ3) is 3.76. The topological polar surface area (TPSA) is 41.4 Å². The maximum absolute atomic E-state index is 12.9. The molecule has 1 aliphatic rings. The van der Waals surface area contributed by atoms with Crippen LogP contribution in [0.15, 0.2) is 60.8 Å². The number of carbonyl (C=O) groups excluding carboxylic acids is 1. The molecule has 0 bridgehead atoms. The Hall–Kier alpha value is -2.79. The molecular weight excluding hydrogens is 372 g/mol. The standard InChI is InChI=1S/C22H23ClN4O/c1-25(16-17-8-2-4-10-20(17)26-13-6-7-14-26)22(28)19-12-15-27(24-19)21-11-5-3-9-18(21)23/h2-5,8-12,15H,6-7,13-14,16H2,1H3. The summed E-state index contributed by atoms with van der Waals surface area (Å²) in [6.07, 6.45) is 4.21. The Labute approximate surface area is 170 Å². The molecule has 5 nitrogen and oxygen atoms in total. The van der Waals surface area contributed by atoms with Crippen molar-refractivity contribution < 1.29 is 4.79 Å². The van der Waals surface area contributed by atoms with Gasteiger partial charge in [-0.2, -0.15) is 5.10 Å². The fourth-order valence-corrected chi connectivity index (χ4v) is 3.87. The van der Waals surface area contributed by atoms with Crippen LogP contribution in [0.3, 0.4) is 0 Å². The summed E-state index contributed by atoms with van der Waals surface area (Å²) in [4.78, 5) is 17.0. The summed E-state index contributed by atoms with van der Waals surface area (Å²) < 4.78 is 1.64. The number of para-hydroxylation sites is 2. The average Bonchev–Trinajstić information content (AvgIpc) is 3.40. The molecular formula is C22H23ClN4O. The highest BCUT2D eigenvalue weighted by Gasteiger charge is 2.20. The van der Waals surface area contributed by atoms with Crippen LogP contribution >= 0.6 is 11.6 Å². The van der Waals surface area contributed by atoms with Crippen molar-refractivity contribution in [3.8, 4) is 5.69 Å². The fraction of sp³-hybridized carbons (Fsp3) is 0.273. The van der Waals surface area contributed by atoms with Crippen molar-refractivity contribution in [2.45, 2.75) is 19.4 Å². The summed E-state index contributed by atoms with van der Waals surface area (Å²) in [6, 6.07) is 17.5. The van der Waals surface area contributed by atoms with Crippen LogP contribution < -0.4 is 4.90 Å². The molecule has 0 unspecified atom stereocenters. The van der Waals surface area contributed by atoms with Crippen molar-refractivity contribution in [2.75, 3.05) is 25.0 Å². The lowest BCUT2D eigenvalue weighted by atomic mass is 10.1. The van der Waals surface area contributed by atoms with Gasteiger partial charge in [-0.1, -0.05) is 41.9 Å². The molecule has 0 N–H and O–H groups in total. The van der Waals surface area contributed by atoms with Gasteiger partial charge in [-0.15, -0.1) is 0 Å². The van der Waals surface area contributed by atoms with Crippen molar-refractivity contribution in [1.29, 1.82) is 0 Å². The first-order chi connectivity index (χ1) is 13.6. The van der Waals surface area contributed by atoms with Crippen molar-refractivity contribution in [1.82, 2.24) is 14.7 Å². The minimum Gasteiger partial charge on any atom is -0.371 e. The summed E-state index contributed by atoms with van der Waals surface area (Å²) in [5.74, 6) is -0.109. The molecule has 1 aromatic heterocycles. The second-order valence-electron chi connectivity index (χ2n) is 7.08. The zero-order chi connectivity index (χ0) is 19.5. The fourth-order valence-electron chi connectivity index (χ4n) is 3.64. The molecule has 1 aliphatic heterocycles. The van der Waals surface area contributed by atoms with Gasteiger partial charge in [0.1, 0.15) is 0 Å². The number of amides is 1. The van der Waals surface area contributed by atoms with Gasteiger partial charge in [0.25, 0.3) is 5.91 Å². The van der Waals surface area contributed by atoms with Crippen molar-refractivity contribution in [3.63, 3.8) is 0 Å². The Kier molecular flexibility index (Phi) is 5.35. The van der Waals surface area contributed by atoms with E-state index in [1.165, 1.54) is 18.5 Å². The van der Waals surface area contributed by atoms with Gasteiger partial charge in [-0.05, 0) is 42.7 Å². The third-order valence-electron chi connectivity index (χ3n) is 5.10. The number of halogens is 1. The summed E-state index contributed by atoms with van der Waals surface area (Å²) in [7, 11) is 1.82. The van der Waals surface area contributed by atoms with Crippen LogP contribution in [0.2, 0.25) is 5.02 Å². The molecule has 2 aromatic carbocycles. The zero-order valence-corrected chi connectivity index (χ0v) is 16.6. The number of aromatic nitrogens is 2. The Morgan fingerprint density at radius 3 is 2.46 bits per heavy atom. The summed E-state index contributed by atoms with van der Waals surface area (Å²) in [5, 5.41) is 5.03. The maximum Gasteiger partial charge on any atom is 0.274 e. The molecule has 1 amide bonds. The highest BCUT2D eigenvalue weighted by Crippen LogP contribution is 2.26. The first-order valence-electron chi connectivity index (χ1n) is 9.52. The Morgan fingerprint density at radius 2 is 1.71 bits per heavy atom. The lowest BCUT2D eigenvalue weighted by molar-refractivity contribution is 0.0779. The SMILES string of the molecule is CN(Cc1ccccc1N1CCCC1)C(=O)c1ccn(-c2ccccc2Cl)n1. The molecule has 0 atom stereocenters. The molecule has 6 heteroatoms. The minimum atomic E-state index is -0.109. The number of rotatable bonds is 5. The predicted octanol–water partition coefficient (Wildman–Crippen LogP) is 4.40. The minimum absolute atomic E-state index is 0.109. The van der Waals surface area contributed by atoms with E-state index in [1.54, 1.807) is 21.8 Å². The van der Waals surface area contributed by atoms with Gasteiger partial charge in [-0.3, -0.25) is 4.79 Å². The summed E-state index contributed by atoms with van der Waals surface area (Å²) in [6.45, 7) is 2.71. The molecule has 2 heterocycles. The smallest absolute Gasteiger partial charge is 0.274 e. The molecule has 1 fully saturated rings. The number of nitrogens with zero attached hydrogens (tertiary/aromatic N) is 4. The normalized spacial score (nSPS) is 13.7. The highest BCUT2D eigenvalue weighted by atomic mass is 35.5. The molecule has 0 radical (unpaired) electrons. The molecule has 0 spiro atoms. The third-order valence-corrected chi connectivity index (χ3v) is 5.42. The lowest BCUT2D eigenvalue weighted by Crippen LogP contribution is -2.28. The maximum atomic E-state index is 12.9. The van der Waals surface area contributed by atoms with E-state index < -0.39 is 0 Å². The van der Waals surface area contributed by atoms with Crippen LogP contribution in [0.4, 0.5) is 5.69 Å². The Bertz CT molecular complexity index is 978. The monoisotopic (exact) mass is 394 g/mol. The van der Waals surface area contributed by atoms with Crippen molar-refractivity contribution in [3.05, 3.63) is 77.1 Å². The van der Waals surface area contributed by atoms with Gasteiger partial charge in [0, 0.05) is 38.6 Å². The van der Waals surface area contributed by atoms with E-state index >= 15 is 0 Å². The second kappa shape index (κ2) is 8.07. The number of hydrogen-bond acceptors (Lipinski definition) is 3. The van der Waals surface area contributed by atoms with Gasteiger partial charge in [0.15, 0.2) is 5.69 Å². The summed E-state index contributed by atoms with van der Waals surface area (Å²) in [5.41, 5.74) is 3.54. The van der Waals surface area contributed by atoms with Crippen LogP contribution in [0.1, 0.15) is 28.9 Å². The van der Waals surface area contributed by atoms with Crippen LogP contribution in [0.5, 0.6) is 0 Å². The Morgan fingerprint density at radius 1 is 1.04 bits per heavy atom. The summed E-state index contributed by atoms with van der Waals surface area (Å²) >= 11 is 6.24. The van der Waals surface area contributed by atoms with Crippen LogP contribution in [-0.4, -0.2) is 40.7 Å². The molecule has 1 saturated heterocycles. The number of hydrogen-bond donors (Lipinski definition) is 0. The van der Waals surface area contributed by atoms with Gasteiger partial charge in [-0.25, -0.2) is 4.68 Å². The largest absolute Gasteiger partial charge is 0.371 e. The second-order valence-corrected chi connectivity index (χ2v) is 7.49. The predicted molar refractivity (Wildman–Crippen MR) is 112 cm³/mol. The number of benzene rings is 2. The molecule has 0 saturated carbocycles. The van der Waals surface area contributed by atoms with E-state index in [0.29, 0.717) is 17.3 Å². The molecule has 144 valence electrons. The van der Waals surface area contributed by atoms with Crippen LogP contribution in [-0.2, 0) is 6.54 Å². The Balaban J connectivity index is 1.51. The van der Waals surface area contributed by atoms with Gasteiger partial charge < -0.3 is 9.80 Å². The first-order valence-corrected chi connectivity index (χ1v) is 9.90. The molecule has 3 aromatic rings. The van der Waals surface area contributed by atoms with E-state index in [-0.39, 0.29) is 5.91 Å². The highest BCUT2D eigenvalue weighted by molar-refractivity contribution is 6.32. The van der Waals surface area contributed by atoms with Gasteiger partial charge in [0.05, 0.1) is 10.7 Å². The van der Waals surface area contributed by atoms with Crippen LogP contribution in [0.25, 0.3) is 5.69 Å². The number of carbonyl (C=O) groups is 1. The van der Waals surface area contributed by atoms with Crippen LogP contribution in [0, 0.1) is 0 Å². The van der Waals surface area contributed by atoms with Crippen molar-refractivity contribution >= 4 is 23.2 Å². The average molecular weight is 395 g/mol. The van der Waals surface area contributed by atoms with E-state index in [1.807, 2.05) is 37.4 Å². The number of anilines is 1. The van der Waals surface area contributed by atoms with Crippen molar-refractivity contribution in [2.24, 2.45) is 0 Å². The van der Waals surface area contributed by atoms with Gasteiger partial charge in [0.2, 0.25) is 0 Å². The van der Waals surface area contributed by atoms with E-state index in [0.717, 1.165) is 24.3 Å². The molecule has 4 rings (SSSR count). The molecule has 0 aliphatic carbocycles.